The Bertz CT molecular complexity index is 669. The Morgan fingerprint density at radius 2 is 1.71 bits per heavy atom. The summed E-state index contributed by atoms with van der Waals surface area (Å²) in [5, 5.41) is 3.56. The van der Waals surface area contributed by atoms with Crippen LogP contribution >= 0.6 is 34.2 Å². The minimum Gasteiger partial charge on any atom is -0.322 e. The standard InChI is InChI=1S/C17H15ClINO/c1-11-9-15(10-12(2)17(11)19)20-16(21)8-5-13-3-6-14(18)7-4-13/h3-10H,1-2H3,(H,20,21)/b8-5+. The molecular formula is C17H15ClINO. The summed E-state index contributed by atoms with van der Waals surface area (Å²) in [5.41, 5.74) is 4.07. The van der Waals surface area contributed by atoms with Gasteiger partial charge in [-0.2, -0.15) is 0 Å². The summed E-state index contributed by atoms with van der Waals surface area (Å²) in [6, 6.07) is 11.3. The van der Waals surface area contributed by atoms with Crippen LogP contribution in [0.2, 0.25) is 5.02 Å². The number of anilines is 1. The molecule has 2 aromatic carbocycles. The van der Waals surface area contributed by atoms with Gasteiger partial charge in [0.1, 0.15) is 0 Å². The first-order valence-electron chi connectivity index (χ1n) is 6.47. The lowest BCUT2D eigenvalue weighted by Gasteiger charge is -2.08. The van der Waals surface area contributed by atoms with Gasteiger partial charge in [-0.05, 0) is 83.5 Å². The largest absolute Gasteiger partial charge is 0.322 e. The Labute approximate surface area is 143 Å². The molecule has 0 spiro atoms. The number of aryl methyl sites for hydroxylation is 2. The van der Waals surface area contributed by atoms with Crippen LogP contribution in [0, 0.1) is 17.4 Å². The molecule has 2 aromatic rings. The zero-order valence-corrected chi connectivity index (χ0v) is 14.7. The van der Waals surface area contributed by atoms with Gasteiger partial charge in [-0.3, -0.25) is 4.79 Å². The van der Waals surface area contributed by atoms with Crippen LogP contribution in [0.1, 0.15) is 16.7 Å². The molecule has 21 heavy (non-hydrogen) atoms. The van der Waals surface area contributed by atoms with Crippen LogP contribution in [0.5, 0.6) is 0 Å². The van der Waals surface area contributed by atoms with E-state index >= 15 is 0 Å². The van der Waals surface area contributed by atoms with Crippen molar-refractivity contribution in [2.75, 3.05) is 5.32 Å². The molecule has 2 nitrogen and oxygen atoms in total. The molecule has 0 atom stereocenters. The van der Waals surface area contributed by atoms with Gasteiger partial charge in [-0.1, -0.05) is 23.7 Å². The fourth-order valence-electron chi connectivity index (χ4n) is 1.95. The highest BCUT2D eigenvalue weighted by Crippen LogP contribution is 2.21. The first-order chi connectivity index (χ1) is 9.95. The number of nitrogens with one attached hydrogen (secondary N) is 1. The van der Waals surface area contributed by atoms with E-state index in [1.165, 1.54) is 9.65 Å². The quantitative estimate of drug-likeness (QED) is 0.545. The van der Waals surface area contributed by atoms with Gasteiger partial charge in [0.15, 0.2) is 0 Å². The summed E-state index contributed by atoms with van der Waals surface area (Å²) in [6.07, 6.45) is 3.28. The van der Waals surface area contributed by atoms with Crippen molar-refractivity contribution in [3.05, 3.63) is 67.8 Å². The zero-order valence-electron chi connectivity index (χ0n) is 11.8. The van der Waals surface area contributed by atoms with E-state index in [0.29, 0.717) is 5.02 Å². The van der Waals surface area contributed by atoms with Gasteiger partial charge in [0.2, 0.25) is 5.91 Å². The van der Waals surface area contributed by atoms with E-state index in [1.807, 2.05) is 38.1 Å². The third-order valence-electron chi connectivity index (χ3n) is 3.00. The van der Waals surface area contributed by atoms with Gasteiger partial charge in [0, 0.05) is 20.4 Å². The molecule has 0 aliphatic carbocycles. The van der Waals surface area contributed by atoms with Crippen LogP contribution < -0.4 is 5.32 Å². The molecule has 0 saturated heterocycles. The summed E-state index contributed by atoms with van der Waals surface area (Å²) >= 11 is 8.13. The first-order valence-corrected chi connectivity index (χ1v) is 7.93. The predicted molar refractivity (Wildman–Crippen MR) is 97.7 cm³/mol. The Morgan fingerprint density at radius 3 is 2.29 bits per heavy atom. The van der Waals surface area contributed by atoms with Gasteiger partial charge in [-0.25, -0.2) is 0 Å². The number of hydrogen-bond donors (Lipinski definition) is 1. The molecule has 0 aliphatic rings. The van der Waals surface area contributed by atoms with Crippen molar-refractivity contribution in [1.82, 2.24) is 0 Å². The average molecular weight is 412 g/mol. The third-order valence-corrected chi connectivity index (χ3v) is 4.95. The second-order valence-corrected chi connectivity index (χ2v) is 6.31. The summed E-state index contributed by atoms with van der Waals surface area (Å²) < 4.78 is 1.22. The lowest BCUT2D eigenvalue weighted by Crippen LogP contribution is -2.08. The Hall–Kier alpha value is -1.33. The molecule has 0 bridgehead atoms. The highest BCUT2D eigenvalue weighted by molar-refractivity contribution is 14.1. The third kappa shape index (κ3) is 4.58. The van der Waals surface area contributed by atoms with Crippen molar-refractivity contribution in [2.24, 2.45) is 0 Å². The first kappa shape index (κ1) is 16.0. The van der Waals surface area contributed by atoms with E-state index in [0.717, 1.165) is 22.4 Å². The molecule has 4 heteroatoms. The fraction of sp³-hybridized carbons (Fsp3) is 0.118. The van der Waals surface area contributed by atoms with Crippen LogP contribution in [0.4, 0.5) is 5.69 Å². The van der Waals surface area contributed by atoms with E-state index < -0.39 is 0 Å². The Morgan fingerprint density at radius 1 is 1.14 bits per heavy atom. The number of amides is 1. The normalized spacial score (nSPS) is 10.9. The van der Waals surface area contributed by atoms with Crippen LogP contribution in [0.15, 0.2) is 42.5 Å². The van der Waals surface area contributed by atoms with Crippen molar-refractivity contribution >= 4 is 51.9 Å². The van der Waals surface area contributed by atoms with E-state index in [2.05, 4.69) is 27.9 Å². The lowest BCUT2D eigenvalue weighted by molar-refractivity contribution is -0.111. The van der Waals surface area contributed by atoms with Crippen LogP contribution in [-0.2, 0) is 4.79 Å². The van der Waals surface area contributed by atoms with Gasteiger partial charge in [-0.15, -0.1) is 0 Å². The minimum absolute atomic E-state index is 0.148. The van der Waals surface area contributed by atoms with Gasteiger partial charge < -0.3 is 5.32 Å². The molecular weight excluding hydrogens is 397 g/mol. The second kappa shape index (κ2) is 7.09. The fourth-order valence-corrected chi connectivity index (χ4v) is 2.39. The number of carbonyl (C=O) groups excluding carboxylic acids is 1. The van der Waals surface area contributed by atoms with Crippen LogP contribution in [-0.4, -0.2) is 5.91 Å². The molecule has 0 aliphatic heterocycles. The van der Waals surface area contributed by atoms with Crippen molar-refractivity contribution < 1.29 is 4.79 Å². The molecule has 1 N–H and O–H groups in total. The van der Waals surface area contributed by atoms with Crippen molar-refractivity contribution in [3.63, 3.8) is 0 Å². The molecule has 0 saturated carbocycles. The van der Waals surface area contributed by atoms with Crippen molar-refractivity contribution in [3.8, 4) is 0 Å². The van der Waals surface area contributed by atoms with Crippen LogP contribution in [0.3, 0.4) is 0 Å². The number of rotatable bonds is 3. The summed E-state index contributed by atoms with van der Waals surface area (Å²) in [7, 11) is 0. The highest BCUT2D eigenvalue weighted by atomic mass is 127. The van der Waals surface area contributed by atoms with E-state index in [-0.39, 0.29) is 5.91 Å². The molecule has 1 amide bonds. The minimum atomic E-state index is -0.148. The summed E-state index contributed by atoms with van der Waals surface area (Å²) in [4.78, 5) is 11.9. The van der Waals surface area contributed by atoms with Gasteiger partial charge in [0.25, 0.3) is 0 Å². The Balaban J connectivity index is 2.06. The Kier molecular flexibility index (Phi) is 5.42. The van der Waals surface area contributed by atoms with Gasteiger partial charge >= 0.3 is 0 Å². The van der Waals surface area contributed by atoms with E-state index in [1.54, 1.807) is 18.2 Å². The topological polar surface area (TPSA) is 29.1 Å². The van der Waals surface area contributed by atoms with Crippen molar-refractivity contribution in [1.29, 1.82) is 0 Å². The summed E-state index contributed by atoms with van der Waals surface area (Å²) in [6.45, 7) is 4.07. The van der Waals surface area contributed by atoms with Gasteiger partial charge in [0.05, 0.1) is 0 Å². The number of benzene rings is 2. The van der Waals surface area contributed by atoms with Crippen molar-refractivity contribution in [2.45, 2.75) is 13.8 Å². The van der Waals surface area contributed by atoms with E-state index in [9.17, 15) is 4.79 Å². The number of halogens is 2. The highest BCUT2D eigenvalue weighted by Gasteiger charge is 2.04. The zero-order chi connectivity index (χ0) is 15.4. The maximum absolute atomic E-state index is 11.9. The molecule has 0 heterocycles. The second-order valence-electron chi connectivity index (χ2n) is 4.80. The lowest BCUT2D eigenvalue weighted by atomic mass is 10.1. The molecule has 0 aromatic heterocycles. The summed E-state index contributed by atoms with van der Waals surface area (Å²) in [5.74, 6) is -0.148. The molecule has 2 rings (SSSR count). The smallest absolute Gasteiger partial charge is 0.248 e. The van der Waals surface area contributed by atoms with Crippen LogP contribution in [0.25, 0.3) is 6.08 Å². The average Bonchev–Trinajstić information content (AvgIpc) is 2.44. The number of carbonyl (C=O) groups is 1. The maximum Gasteiger partial charge on any atom is 0.248 e. The predicted octanol–water partition coefficient (Wildman–Crippen LogP) is 5.21. The SMILES string of the molecule is Cc1cc(NC(=O)/C=C/c2ccc(Cl)cc2)cc(C)c1I. The molecule has 0 radical (unpaired) electrons. The monoisotopic (exact) mass is 411 g/mol. The molecule has 0 unspecified atom stereocenters. The molecule has 0 fully saturated rings. The molecule has 108 valence electrons. The van der Waals surface area contributed by atoms with E-state index in [4.69, 9.17) is 11.6 Å². The number of hydrogen-bond acceptors (Lipinski definition) is 1. The maximum atomic E-state index is 11.9.